The Bertz CT molecular complexity index is 1030. The van der Waals surface area contributed by atoms with Gasteiger partial charge in [0.1, 0.15) is 6.61 Å². The van der Waals surface area contributed by atoms with Gasteiger partial charge in [0, 0.05) is 17.6 Å². The minimum atomic E-state index is -3.78. The lowest BCUT2D eigenvalue weighted by Gasteiger charge is -2.26. The Hall–Kier alpha value is -2.27. The van der Waals surface area contributed by atoms with E-state index in [1.165, 1.54) is 29.6 Å². The predicted octanol–water partition coefficient (Wildman–Crippen LogP) is 2.61. The first-order chi connectivity index (χ1) is 14.3. The van der Waals surface area contributed by atoms with Gasteiger partial charge in [-0.15, -0.1) is 0 Å². The number of morpholine rings is 1. The largest absolute Gasteiger partial charge is 0.465 e. The number of methoxy groups -OCH3 is 1. The van der Waals surface area contributed by atoms with E-state index in [9.17, 15) is 18.0 Å². The van der Waals surface area contributed by atoms with E-state index in [-0.39, 0.29) is 30.2 Å². The number of halogens is 1. The predicted molar refractivity (Wildman–Crippen MR) is 111 cm³/mol. The molecule has 0 radical (unpaired) electrons. The van der Waals surface area contributed by atoms with Crippen LogP contribution in [0.3, 0.4) is 0 Å². The van der Waals surface area contributed by atoms with Crippen LogP contribution in [0.15, 0.2) is 51.8 Å². The number of rotatable bonds is 6. The van der Waals surface area contributed by atoms with Crippen molar-refractivity contribution in [2.75, 3.05) is 33.4 Å². The molecule has 2 aromatic carbocycles. The Morgan fingerprint density at radius 1 is 1.03 bits per heavy atom. The lowest BCUT2D eigenvalue weighted by atomic mass is 10.1. The van der Waals surface area contributed by atoms with Crippen molar-refractivity contribution in [1.82, 2.24) is 4.31 Å². The number of hydrogen-bond acceptors (Lipinski definition) is 7. The molecule has 2 aromatic rings. The monoisotopic (exact) mass is 497 g/mol. The molecule has 0 atom stereocenters. The first-order valence-corrected chi connectivity index (χ1v) is 11.3. The highest BCUT2D eigenvalue weighted by molar-refractivity contribution is 9.10. The molecule has 0 aromatic heterocycles. The number of hydrogen-bond donors (Lipinski definition) is 0. The number of nitrogens with zero attached hydrogens (tertiary/aromatic N) is 1. The Kier molecular flexibility index (Phi) is 7.24. The maximum Gasteiger partial charge on any atom is 0.338 e. The van der Waals surface area contributed by atoms with E-state index in [4.69, 9.17) is 9.47 Å². The van der Waals surface area contributed by atoms with E-state index in [1.807, 2.05) is 0 Å². The lowest BCUT2D eigenvalue weighted by Crippen LogP contribution is -2.40. The molecule has 8 nitrogen and oxygen atoms in total. The molecule has 0 bridgehead atoms. The summed E-state index contributed by atoms with van der Waals surface area (Å²) in [5, 5.41) is 0. The van der Waals surface area contributed by atoms with Crippen molar-refractivity contribution in [3.8, 4) is 0 Å². The van der Waals surface area contributed by atoms with Crippen LogP contribution >= 0.6 is 15.9 Å². The Morgan fingerprint density at radius 3 is 2.30 bits per heavy atom. The second-order valence-electron chi connectivity index (χ2n) is 6.43. The average molecular weight is 498 g/mol. The fourth-order valence-corrected chi connectivity index (χ4v) is 5.20. The third-order valence-electron chi connectivity index (χ3n) is 4.50. The van der Waals surface area contributed by atoms with Crippen molar-refractivity contribution in [2.24, 2.45) is 0 Å². The van der Waals surface area contributed by atoms with Gasteiger partial charge in [-0.1, -0.05) is 12.1 Å². The fourth-order valence-electron chi connectivity index (χ4n) is 2.84. The van der Waals surface area contributed by atoms with Gasteiger partial charge < -0.3 is 14.2 Å². The maximum absolute atomic E-state index is 12.9. The molecule has 160 valence electrons. The van der Waals surface area contributed by atoms with Gasteiger partial charge in [0.25, 0.3) is 0 Å². The summed E-state index contributed by atoms with van der Waals surface area (Å²) in [6, 6.07) is 10.7. The lowest BCUT2D eigenvalue weighted by molar-refractivity contribution is 0.0471. The molecule has 0 amide bonds. The van der Waals surface area contributed by atoms with Crippen molar-refractivity contribution < 1.29 is 32.2 Å². The number of ether oxygens (including phenoxy) is 3. The Balaban J connectivity index is 1.72. The molecule has 1 aliphatic heterocycles. The summed E-state index contributed by atoms with van der Waals surface area (Å²) in [6.45, 7) is 1.14. The third-order valence-corrected chi connectivity index (χ3v) is 7.39. The zero-order valence-corrected chi connectivity index (χ0v) is 18.6. The Morgan fingerprint density at radius 2 is 1.67 bits per heavy atom. The van der Waals surface area contributed by atoms with Gasteiger partial charge in [0.05, 0.1) is 36.3 Å². The van der Waals surface area contributed by atoms with Crippen LogP contribution in [0.2, 0.25) is 0 Å². The van der Waals surface area contributed by atoms with Crippen LogP contribution in [0.5, 0.6) is 0 Å². The normalized spacial score (nSPS) is 14.9. The molecule has 30 heavy (non-hydrogen) atoms. The molecule has 0 saturated carbocycles. The minimum Gasteiger partial charge on any atom is -0.465 e. The van der Waals surface area contributed by atoms with Crippen molar-refractivity contribution >= 4 is 37.9 Å². The van der Waals surface area contributed by atoms with Crippen molar-refractivity contribution in [3.05, 3.63) is 63.6 Å². The van der Waals surface area contributed by atoms with Crippen LogP contribution in [-0.2, 0) is 30.8 Å². The third kappa shape index (κ3) is 5.07. The standard InChI is InChI=1S/C20H20BrNO7S/c1-27-19(23)15-4-2-14(3-5-15)13-29-20(24)16-6-7-17(21)18(12-16)30(25,26)22-8-10-28-11-9-22/h2-7,12H,8-11,13H2,1H3. The number of esters is 2. The van der Waals surface area contributed by atoms with Gasteiger partial charge in [-0.3, -0.25) is 0 Å². The second-order valence-corrected chi connectivity index (χ2v) is 9.19. The topological polar surface area (TPSA) is 99.2 Å². The molecule has 10 heteroatoms. The van der Waals surface area contributed by atoms with E-state index in [0.29, 0.717) is 28.8 Å². The molecule has 1 fully saturated rings. The average Bonchev–Trinajstić information content (AvgIpc) is 2.78. The van der Waals surface area contributed by atoms with Gasteiger partial charge >= 0.3 is 11.9 Å². The molecule has 1 heterocycles. The first-order valence-electron chi connectivity index (χ1n) is 9.05. The van der Waals surface area contributed by atoms with E-state index >= 15 is 0 Å². The summed E-state index contributed by atoms with van der Waals surface area (Å²) in [7, 11) is -2.48. The van der Waals surface area contributed by atoms with Crippen LogP contribution in [0, 0.1) is 0 Å². The summed E-state index contributed by atoms with van der Waals surface area (Å²) >= 11 is 3.26. The summed E-state index contributed by atoms with van der Waals surface area (Å²) < 4.78 is 42.7. The highest BCUT2D eigenvalue weighted by Crippen LogP contribution is 2.27. The summed E-state index contributed by atoms with van der Waals surface area (Å²) in [5.41, 5.74) is 1.18. The number of carbonyl (C=O) groups is 2. The summed E-state index contributed by atoms with van der Waals surface area (Å²) in [4.78, 5) is 23.9. The molecule has 0 aliphatic carbocycles. The van der Waals surface area contributed by atoms with Crippen LogP contribution in [0.25, 0.3) is 0 Å². The molecule has 0 N–H and O–H groups in total. The number of benzene rings is 2. The molecule has 0 spiro atoms. The van der Waals surface area contributed by atoms with Crippen molar-refractivity contribution in [3.63, 3.8) is 0 Å². The van der Waals surface area contributed by atoms with Gasteiger partial charge in [0.15, 0.2) is 0 Å². The van der Waals surface area contributed by atoms with Gasteiger partial charge in [0.2, 0.25) is 10.0 Å². The molecule has 0 unspecified atom stereocenters. The van der Waals surface area contributed by atoms with E-state index < -0.39 is 22.0 Å². The highest BCUT2D eigenvalue weighted by atomic mass is 79.9. The van der Waals surface area contributed by atoms with Crippen molar-refractivity contribution in [2.45, 2.75) is 11.5 Å². The van der Waals surface area contributed by atoms with E-state index in [2.05, 4.69) is 20.7 Å². The summed E-state index contributed by atoms with van der Waals surface area (Å²) in [6.07, 6.45) is 0. The smallest absolute Gasteiger partial charge is 0.338 e. The minimum absolute atomic E-state index is 0.00119. The number of carbonyl (C=O) groups excluding carboxylic acids is 2. The van der Waals surface area contributed by atoms with Crippen LogP contribution in [0.1, 0.15) is 26.3 Å². The molecule has 3 rings (SSSR count). The zero-order chi connectivity index (χ0) is 21.7. The van der Waals surface area contributed by atoms with Crippen LogP contribution in [-0.4, -0.2) is 58.1 Å². The first kappa shape index (κ1) is 22.4. The zero-order valence-electron chi connectivity index (χ0n) is 16.2. The highest BCUT2D eigenvalue weighted by Gasteiger charge is 2.29. The van der Waals surface area contributed by atoms with Gasteiger partial charge in [-0.2, -0.15) is 4.31 Å². The molecular formula is C20H20BrNO7S. The molecular weight excluding hydrogens is 478 g/mol. The fraction of sp³-hybridized carbons (Fsp3) is 0.300. The quantitative estimate of drug-likeness (QED) is 0.565. The SMILES string of the molecule is COC(=O)c1ccc(COC(=O)c2ccc(Br)c(S(=O)(=O)N3CCOCC3)c2)cc1. The van der Waals surface area contributed by atoms with Gasteiger partial charge in [-0.25, -0.2) is 18.0 Å². The van der Waals surface area contributed by atoms with E-state index in [1.54, 1.807) is 24.3 Å². The molecule has 1 aliphatic rings. The van der Waals surface area contributed by atoms with Crippen LogP contribution in [0.4, 0.5) is 0 Å². The van der Waals surface area contributed by atoms with Crippen molar-refractivity contribution in [1.29, 1.82) is 0 Å². The second kappa shape index (κ2) is 9.69. The molecule has 1 saturated heterocycles. The van der Waals surface area contributed by atoms with E-state index in [0.717, 1.165) is 0 Å². The van der Waals surface area contributed by atoms with Gasteiger partial charge in [-0.05, 0) is 51.8 Å². The number of sulfonamides is 1. The Labute approximate surface area is 182 Å². The summed E-state index contributed by atoms with van der Waals surface area (Å²) in [5.74, 6) is -1.11. The van der Waals surface area contributed by atoms with Crippen LogP contribution < -0.4 is 0 Å². The maximum atomic E-state index is 12.9.